The molecule has 0 N–H and O–H groups in total. The monoisotopic (exact) mass is 256 g/mol. The van der Waals surface area contributed by atoms with E-state index in [0.29, 0.717) is 30.1 Å². The van der Waals surface area contributed by atoms with Gasteiger partial charge in [-0.05, 0) is 24.7 Å². The molecule has 2 saturated heterocycles. The predicted octanol–water partition coefficient (Wildman–Crippen LogP) is 1.48. The summed E-state index contributed by atoms with van der Waals surface area (Å²) in [6.45, 7) is 4.69. The Morgan fingerprint density at radius 2 is 1.94 bits per heavy atom. The third kappa shape index (κ3) is 2.09. The molecular formula is C14H24O4. The summed E-state index contributed by atoms with van der Waals surface area (Å²) in [6, 6.07) is 0. The molecule has 104 valence electrons. The Bertz CT molecular complexity index is 308. The first-order valence-electron chi connectivity index (χ1n) is 6.93. The van der Waals surface area contributed by atoms with Crippen LogP contribution in [0.4, 0.5) is 0 Å². The van der Waals surface area contributed by atoms with Gasteiger partial charge in [0.05, 0.1) is 31.5 Å². The highest BCUT2D eigenvalue weighted by molar-refractivity contribution is 5.04. The zero-order chi connectivity index (χ0) is 12.8. The Labute approximate surface area is 109 Å². The van der Waals surface area contributed by atoms with Crippen molar-refractivity contribution in [3.63, 3.8) is 0 Å². The van der Waals surface area contributed by atoms with Gasteiger partial charge in [0.1, 0.15) is 0 Å². The summed E-state index contributed by atoms with van der Waals surface area (Å²) in [5.74, 6) is 1.13. The van der Waals surface area contributed by atoms with Gasteiger partial charge >= 0.3 is 0 Å². The van der Waals surface area contributed by atoms with Gasteiger partial charge in [-0.15, -0.1) is 0 Å². The minimum atomic E-state index is 0.174. The Hall–Kier alpha value is -0.160. The second kappa shape index (κ2) is 4.75. The highest BCUT2D eigenvalue weighted by Crippen LogP contribution is 2.51. The molecule has 1 saturated carbocycles. The first kappa shape index (κ1) is 12.9. The van der Waals surface area contributed by atoms with Crippen molar-refractivity contribution < 1.29 is 18.9 Å². The lowest BCUT2D eigenvalue weighted by molar-refractivity contribution is -0.232. The summed E-state index contributed by atoms with van der Waals surface area (Å²) in [7, 11) is 3.56. The number of fused-ring (bicyclic) bond motifs is 1. The van der Waals surface area contributed by atoms with Crippen LogP contribution < -0.4 is 0 Å². The average Bonchev–Trinajstić information content (AvgIpc) is 3.06. The summed E-state index contributed by atoms with van der Waals surface area (Å²) in [5, 5.41) is 0. The van der Waals surface area contributed by atoms with E-state index in [-0.39, 0.29) is 5.41 Å². The van der Waals surface area contributed by atoms with Gasteiger partial charge < -0.3 is 18.9 Å². The Kier molecular flexibility index (Phi) is 3.39. The van der Waals surface area contributed by atoms with Gasteiger partial charge in [-0.1, -0.05) is 6.92 Å². The number of epoxide rings is 1. The van der Waals surface area contributed by atoms with Gasteiger partial charge in [0, 0.05) is 26.2 Å². The van der Waals surface area contributed by atoms with Crippen LogP contribution in [0.15, 0.2) is 0 Å². The summed E-state index contributed by atoms with van der Waals surface area (Å²) in [6.07, 6.45) is 3.55. The fourth-order valence-electron chi connectivity index (χ4n) is 3.86. The third-order valence-electron chi connectivity index (χ3n) is 4.86. The van der Waals surface area contributed by atoms with Crippen LogP contribution in [-0.2, 0) is 18.9 Å². The summed E-state index contributed by atoms with van der Waals surface area (Å²) < 4.78 is 22.3. The molecule has 3 aliphatic rings. The number of hydrogen-bond acceptors (Lipinski definition) is 4. The molecular weight excluding hydrogens is 232 g/mol. The quantitative estimate of drug-likeness (QED) is 0.699. The fourth-order valence-corrected chi connectivity index (χ4v) is 3.86. The molecule has 0 aromatic heterocycles. The largest absolute Gasteiger partial charge is 0.384 e. The number of methoxy groups -OCH3 is 2. The van der Waals surface area contributed by atoms with Crippen LogP contribution in [0.25, 0.3) is 0 Å². The van der Waals surface area contributed by atoms with Crippen LogP contribution in [0.1, 0.15) is 19.8 Å². The lowest BCUT2D eigenvalue weighted by atomic mass is 9.66. The normalized spacial score (nSPS) is 50.5. The number of rotatable bonds is 5. The second-order valence-electron chi connectivity index (χ2n) is 6.38. The Balaban J connectivity index is 1.68. The molecule has 3 rings (SSSR count). The fraction of sp³-hybridized carbons (Fsp3) is 1.00. The highest BCUT2D eigenvalue weighted by atomic mass is 16.6. The van der Waals surface area contributed by atoms with Crippen LogP contribution in [0.5, 0.6) is 0 Å². The van der Waals surface area contributed by atoms with E-state index in [0.717, 1.165) is 32.7 Å². The van der Waals surface area contributed by atoms with Crippen LogP contribution in [0, 0.1) is 17.3 Å². The van der Waals surface area contributed by atoms with Crippen LogP contribution in [0.3, 0.4) is 0 Å². The zero-order valence-corrected chi connectivity index (χ0v) is 11.6. The molecule has 0 bridgehead atoms. The number of ether oxygens (including phenoxy) is 4. The van der Waals surface area contributed by atoms with Crippen molar-refractivity contribution in [3.8, 4) is 0 Å². The van der Waals surface area contributed by atoms with E-state index < -0.39 is 0 Å². The Morgan fingerprint density at radius 3 is 2.56 bits per heavy atom. The highest BCUT2D eigenvalue weighted by Gasteiger charge is 2.56. The first-order chi connectivity index (χ1) is 8.68. The minimum Gasteiger partial charge on any atom is -0.384 e. The molecule has 4 heteroatoms. The third-order valence-corrected chi connectivity index (χ3v) is 4.86. The maximum Gasteiger partial charge on any atom is 0.0845 e. The van der Waals surface area contributed by atoms with Crippen LogP contribution >= 0.6 is 0 Å². The average molecular weight is 256 g/mol. The summed E-state index contributed by atoms with van der Waals surface area (Å²) in [5.41, 5.74) is 0.174. The van der Waals surface area contributed by atoms with Crippen molar-refractivity contribution in [1.82, 2.24) is 0 Å². The smallest absolute Gasteiger partial charge is 0.0845 e. The minimum absolute atomic E-state index is 0.174. The van der Waals surface area contributed by atoms with E-state index in [1.807, 2.05) is 0 Å². The lowest BCUT2D eigenvalue weighted by Crippen LogP contribution is -2.58. The van der Waals surface area contributed by atoms with Gasteiger partial charge in [-0.3, -0.25) is 0 Å². The molecule has 0 amide bonds. The molecule has 6 atom stereocenters. The van der Waals surface area contributed by atoms with Gasteiger partial charge in [0.15, 0.2) is 0 Å². The van der Waals surface area contributed by atoms with Gasteiger partial charge in [0.2, 0.25) is 0 Å². The molecule has 0 spiro atoms. The van der Waals surface area contributed by atoms with Crippen LogP contribution in [0.2, 0.25) is 0 Å². The Morgan fingerprint density at radius 1 is 1.17 bits per heavy atom. The summed E-state index contributed by atoms with van der Waals surface area (Å²) >= 11 is 0. The zero-order valence-electron chi connectivity index (χ0n) is 11.6. The van der Waals surface area contributed by atoms with Crippen LogP contribution in [-0.4, -0.2) is 52.4 Å². The van der Waals surface area contributed by atoms with E-state index in [1.54, 1.807) is 14.2 Å². The number of hydrogen-bond donors (Lipinski definition) is 0. The molecule has 0 aromatic carbocycles. The molecule has 2 heterocycles. The molecule has 0 aromatic rings. The molecule has 2 aliphatic heterocycles. The predicted molar refractivity (Wildman–Crippen MR) is 66.5 cm³/mol. The SMILES string of the molecule is COCC1CC2OC2CC1C1OCC1(C)COC. The van der Waals surface area contributed by atoms with Gasteiger partial charge in [-0.25, -0.2) is 0 Å². The first-order valence-corrected chi connectivity index (χ1v) is 6.93. The van der Waals surface area contributed by atoms with E-state index in [1.165, 1.54) is 0 Å². The molecule has 0 radical (unpaired) electrons. The van der Waals surface area contributed by atoms with E-state index >= 15 is 0 Å². The molecule has 3 fully saturated rings. The maximum absolute atomic E-state index is 5.89. The molecule has 4 nitrogen and oxygen atoms in total. The van der Waals surface area contributed by atoms with Gasteiger partial charge in [-0.2, -0.15) is 0 Å². The standard InChI is InChI=1S/C14H24O4/c1-14(7-16-3)8-17-13(14)10-5-12-11(18-12)4-9(10)6-15-2/h9-13H,4-8H2,1-3H3. The summed E-state index contributed by atoms with van der Waals surface area (Å²) in [4.78, 5) is 0. The van der Waals surface area contributed by atoms with Crippen molar-refractivity contribution >= 4 is 0 Å². The maximum atomic E-state index is 5.89. The lowest BCUT2D eigenvalue weighted by Gasteiger charge is -2.52. The van der Waals surface area contributed by atoms with Gasteiger partial charge in [0.25, 0.3) is 0 Å². The van der Waals surface area contributed by atoms with Crippen molar-refractivity contribution in [1.29, 1.82) is 0 Å². The molecule has 6 unspecified atom stereocenters. The molecule has 1 aliphatic carbocycles. The van der Waals surface area contributed by atoms with Crippen molar-refractivity contribution in [2.75, 3.05) is 34.0 Å². The topological polar surface area (TPSA) is 40.2 Å². The van der Waals surface area contributed by atoms with E-state index in [4.69, 9.17) is 18.9 Å². The molecule has 18 heavy (non-hydrogen) atoms. The second-order valence-corrected chi connectivity index (χ2v) is 6.38. The van der Waals surface area contributed by atoms with E-state index in [9.17, 15) is 0 Å². The van der Waals surface area contributed by atoms with Crippen molar-refractivity contribution in [2.24, 2.45) is 17.3 Å². The van der Waals surface area contributed by atoms with E-state index in [2.05, 4.69) is 6.92 Å². The van der Waals surface area contributed by atoms with Crippen molar-refractivity contribution in [2.45, 2.75) is 38.1 Å². The van der Waals surface area contributed by atoms with Crippen molar-refractivity contribution in [3.05, 3.63) is 0 Å².